The second kappa shape index (κ2) is 7.47. The quantitative estimate of drug-likeness (QED) is 0.524. The van der Waals surface area contributed by atoms with Gasteiger partial charge in [0.1, 0.15) is 0 Å². The summed E-state index contributed by atoms with van der Waals surface area (Å²) in [5, 5.41) is 2.02. The summed E-state index contributed by atoms with van der Waals surface area (Å²) in [7, 11) is 0. The first-order chi connectivity index (χ1) is 12.0. The van der Waals surface area contributed by atoms with E-state index in [4.69, 9.17) is 0 Å². The SMILES string of the molecule is CC(C)CC(=O)NC(Nc1ccc(C(F)(F)F)cc1)(C(F)(F)F)C(F)(F)F. The molecule has 1 aromatic carbocycles. The van der Waals surface area contributed by atoms with Crippen molar-refractivity contribution in [3.05, 3.63) is 29.8 Å². The van der Waals surface area contributed by atoms with Crippen LogP contribution in [0.1, 0.15) is 25.8 Å². The number of amides is 1. The lowest BCUT2D eigenvalue weighted by Gasteiger charge is -2.39. The van der Waals surface area contributed by atoms with Crippen LogP contribution in [0.15, 0.2) is 24.3 Å². The average molecular weight is 410 g/mol. The molecular formula is C15H15F9N2O. The van der Waals surface area contributed by atoms with Crippen LogP contribution < -0.4 is 10.6 Å². The number of hydrogen-bond acceptors (Lipinski definition) is 2. The smallest absolute Gasteiger partial charge is 0.348 e. The largest absolute Gasteiger partial charge is 0.439 e. The second-order valence-corrected chi connectivity index (χ2v) is 6.09. The number of benzene rings is 1. The number of rotatable bonds is 5. The van der Waals surface area contributed by atoms with E-state index >= 15 is 0 Å². The van der Waals surface area contributed by atoms with Crippen molar-refractivity contribution in [2.24, 2.45) is 5.92 Å². The molecule has 1 aromatic rings. The van der Waals surface area contributed by atoms with Crippen LogP contribution in [0.5, 0.6) is 0 Å². The molecule has 0 saturated carbocycles. The van der Waals surface area contributed by atoms with E-state index in [9.17, 15) is 44.3 Å². The van der Waals surface area contributed by atoms with Gasteiger partial charge in [0.25, 0.3) is 0 Å². The second-order valence-electron chi connectivity index (χ2n) is 6.09. The molecule has 0 bridgehead atoms. The Morgan fingerprint density at radius 3 is 1.67 bits per heavy atom. The van der Waals surface area contributed by atoms with Gasteiger partial charge >= 0.3 is 24.2 Å². The number of halogens is 9. The van der Waals surface area contributed by atoms with Gasteiger partial charge in [0.05, 0.1) is 5.56 Å². The molecule has 0 saturated heterocycles. The highest BCUT2D eigenvalue weighted by Gasteiger charge is 2.72. The lowest BCUT2D eigenvalue weighted by molar-refractivity contribution is -0.296. The predicted octanol–water partition coefficient (Wildman–Crippen LogP) is 5.10. The molecule has 0 aliphatic carbocycles. The van der Waals surface area contributed by atoms with Crippen LogP contribution in [0.25, 0.3) is 0 Å². The normalized spacial score (nSPS) is 13.6. The highest BCUT2D eigenvalue weighted by molar-refractivity contribution is 5.78. The zero-order chi connectivity index (χ0) is 21.3. The Morgan fingerprint density at radius 1 is 0.889 bits per heavy atom. The van der Waals surface area contributed by atoms with Gasteiger partial charge in [0, 0.05) is 12.1 Å². The van der Waals surface area contributed by atoms with Gasteiger partial charge in [0.15, 0.2) is 0 Å². The summed E-state index contributed by atoms with van der Waals surface area (Å²) in [6.07, 6.45) is -17.5. The van der Waals surface area contributed by atoms with Gasteiger partial charge in [-0.3, -0.25) is 4.79 Å². The first kappa shape index (κ1) is 22.9. The molecule has 12 heteroatoms. The van der Waals surface area contributed by atoms with Gasteiger partial charge in [0.2, 0.25) is 5.91 Å². The number of carbonyl (C=O) groups excluding carboxylic acids is 1. The minimum atomic E-state index is -6.04. The lowest BCUT2D eigenvalue weighted by atomic mass is 10.1. The molecule has 0 aliphatic heterocycles. The highest BCUT2D eigenvalue weighted by Crippen LogP contribution is 2.44. The van der Waals surface area contributed by atoms with E-state index in [-0.39, 0.29) is 0 Å². The molecule has 3 nitrogen and oxygen atoms in total. The summed E-state index contributed by atoms with van der Waals surface area (Å²) < 4.78 is 118. The van der Waals surface area contributed by atoms with E-state index in [0.29, 0.717) is 24.3 Å². The zero-order valence-electron chi connectivity index (χ0n) is 13.9. The summed E-state index contributed by atoms with van der Waals surface area (Å²) in [4.78, 5) is 11.6. The van der Waals surface area contributed by atoms with Crippen molar-refractivity contribution in [2.45, 2.75) is 44.5 Å². The lowest BCUT2D eigenvalue weighted by Crippen LogP contribution is -2.72. The van der Waals surface area contributed by atoms with Crippen LogP contribution in [-0.2, 0) is 11.0 Å². The molecule has 0 radical (unpaired) electrons. The predicted molar refractivity (Wildman–Crippen MR) is 77.5 cm³/mol. The first-order valence-corrected chi connectivity index (χ1v) is 7.39. The summed E-state index contributed by atoms with van der Waals surface area (Å²) in [5.41, 5.74) is -7.05. The third-order valence-electron chi connectivity index (χ3n) is 3.32. The van der Waals surface area contributed by atoms with E-state index in [1.54, 1.807) is 0 Å². The Hall–Kier alpha value is -2.14. The molecule has 154 valence electrons. The van der Waals surface area contributed by atoms with Crippen molar-refractivity contribution < 1.29 is 44.3 Å². The van der Waals surface area contributed by atoms with E-state index in [1.807, 2.05) is 0 Å². The Labute approximate surface area is 147 Å². The fourth-order valence-corrected chi connectivity index (χ4v) is 2.07. The molecule has 0 unspecified atom stereocenters. The van der Waals surface area contributed by atoms with Gasteiger partial charge < -0.3 is 10.6 Å². The zero-order valence-corrected chi connectivity index (χ0v) is 13.9. The van der Waals surface area contributed by atoms with Crippen LogP contribution in [0, 0.1) is 5.92 Å². The first-order valence-electron chi connectivity index (χ1n) is 7.39. The maximum absolute atomic E-state index is 13.3. The Morgan fingerprint density at radius 2 is 1.33 bits per heavy atom. The van der Waals surface area contributed by atoms with Gasteiger partial charge in [-0.15, -0.1) is 0 Å². The number of carbonyl (C=O) groups is 1. The van der Waals surface area contributed by atoms with Crippen LogP contribution in [0.4, 0.5) is 45.2 Å². The van der Waals surface area contributed by atoms with Crippen LogP contribution in [0.3, 0.4) is 0 Å². The fraction of sp³-hybridized carbons (Fsp3) is 0.533. The molecule has 1 rings (SSSR count). The summed E-state index contributed by atoms with van der Waals surface area (Å²) in [6, 6.07) is 1.44. The fourth-order valence-electron chi connectivity index (χ4n) is 2.07. The molecule has 27 heavy (non-hydrogen) atoms. The minimum absolute atomic E-state index is 0.315. The standard InChI is InChI=1S/C15H15F9N2O/c1-8(2)7-11(27)26-13(14(19,20)21,15(22,23)24)25-10-5-3-9(4-6-10)12(16,17)18/h3-6,8,25H,7H2,1-2H3,(H,26,27). The molecule has 2 N–H and O–H groups in total. The summed E-state index contributed by atoms with van der Waals surface area (Å²) in [6.45, 7) is 2.82. The van der Waals surface area contributed by atoms with Crippen molar-refractivity contribution in [3.63, 3.8) is 0 Å². The van der Waals surface area contributed by atoms with Crippen LogP contribution in [-0.4, -0.2) is 23.9 Å². The van der Waals surface area contributed by atoms with Crippen molar-refractivity contribution >= 4 is 11.6 Å². The molecule has 0 heterocycles. The van der Waals surface area contributed by atoms with Gasteiger partial charge in [-0.25, -0.2) is 0 Å². The van der Waals surface area contributed by atoms with Crippen molar-refractivity contribution in [3.8, 4) is 0 Å². The Balaban J connectivity index is 3.34. The molecule has 0 spiro atoms. The van der Waals surface area contributed by atoms with E-state index in [2.05, 4.69) is 0 Å². The number of nitrogens with one attached hydrogen (secondary N) is 2. The third-order valence-corrected chi connectivity index (χ3v) is 3.32. The molecule has 1 amide bonds. The number of anilines is 1. The molecular weight excluding hydrogens is 395 g/mol. The van der Waals surface area contributed by atoms with Crippen LogP contribution in [0.2, 0.25) is 0 Å². The van der Waals surface area contributed by atoms with Gasteiger partial charge in [-0.2, -0.15) is 39.5 Å². The van der Waals surface area contributed by atoms with Crippen LogP contribution >= 0.6 is 0 Å². The summed E-state index contributed by atoms with van der Waals surface area (Å²) in [5.74, 6) is -2.06. The summed E-state index contributed by atoms with van der Waals surface area (Å²) >= 11 is 0. The van der Waals surface area contributed by atoms with Crippen molar-refractivity contribution in [1.29, 1.82) is 0 Å². The molecule has 0 aromatic heterocycles. The maximum Gasteiger partial charge on any atom is 0.439 e. The topological polar surface area (TPSA) is 41.1 Å². The van der Waals surface area contributed by atoms with E-state index in [0.717, 1.165) is 10.6 Å². The minimum Gasteiger partial charge on any atom is -0.348 e. The number of alkyl halides is 9. The number of hydrogen-bond donors (Lipinski definition) is 2. The molecule has 0 atom stereocenters. The van der Waals surface area contributed by atoms with Gasteiger partial charge in [-0.05, 0) is 30.2 Å². The third kappa shape index (κ3) is 5.42. The Bertz CT molecular complexity index is 631. The van der Waals surface area contributed by atoms with E-state index < -0.39 is 53.7 Å². The van der Waals surface area contributed by atoms with E-state index in [1.165, 1.54) is 13.8 Å². The molecule has 0 aliphatic rings. The monoisotopic (exact) mass is 410 g/mol. The van der Waals surface area contributed by atoms with Crippen molar-refractivity contribution in [2.75, 3.05) is 5.32 Å². The highest BCUT2D eigenvalue weighted by atomic mass is 19.4. The van der Waals surface area contributed by atoms with Crippen molar-refractivity contribution in [1.82, 2.24) is 5.32 Å². The maximum atomic E-state index is 13.3. The average Bonchev–Trinajstić information content (AvgIpc) is 2.42. The Kier molecular flexibility index (Phi) is 6.33. The molecule has 0 fully saturated rings. The van der Waals surface area contributed by atoms with Gasteiger partial charge in [-0.1, -0.05) is 13.8 Å².